The van der Waals surface area contributed by atoms with Gasteiger partial charge in [0.15, 0.2) is 0 Å². The molecule has 2 heteroatoms. The van der Waals surface area contributed by atoms with Crippen molar-refractivity contribution >= 4 is 0 Å². The van der Waals surface area contributed by atoms with E-state index in [4.69, 9.17) is 0 Å². The molecular weight excluding hydrogens is 244 g/mol. The summed E-state index contributed by atoms with van der Waals surface area (Å²) in [5.74, 6) is 0. The summed E-state index contributed by atoms with van der Waals surface area (Å²) in [6.45, 7) is 5.44. The first-order valence-corrected chi connectivity index (χ1v) is 7.54. The SMILES string of the molecule is CCCNC(Cc1cccnc1)c1ccc(CC)cc1. The van der Waals surface area contributed by atoms with Crippen LogP contribution in [0.4, 0.5) is 0 Å². The highest BCUT2D eigenvalue weighted by Gasteiger charge is 2.11. The van der Waals surface area contributed by atoms with Gasteiger partial charge in [0.2, 0.25) is 0 Å². The Labute approximate surface area is 122 Å². The van der Waals surface area contributed by atoms with Crippen LogP contribution in [0.25, 0.3) is 0 Å². The third-order valence-electron chi connectivity index (χ3n) is 3.59. The van der Waals surface area contributed by atoms with Crippen LogP contribution in [-0.4, -0.2) is 11.5 Å². The highest BCUT2D eigenvalue weighted by Crippen LogP contribution is 2.19. The number of hydrogen-bond acceptors (Lipinski definition) is 2. The van der Waals surface area contributed by atoms with Gasteiger partial charge in [-0.25, -0.2) is 0 Å². The van der Waals surface area contributed by atoms with Crippen LogP contribution in [0.3, 0.4) is 0 Å². The molecule has 0 fully saturated rings. The van der Waals surface area contributed by atoms with Crippen molar-refractivity contribution in [1.82, 2.24) is 10.3 Å². The Kier molecular flexibility index (Phi) is 5.75. The Morgan fingerprint density at radius 1 is 1.05 bits per heavy atom. The zero-order chi connectivity index (χ0) is 14.2. The van der Waals surface area contributed by atoms with Gasteiger partial charge in [0.05, 0.1) is 0 Å². The molecule has 2 aromatic rings. The number of pyridine rings is 1. The first kappa shape index (κ1) is 14.7. The van der Waals surface area contributed by atoms with Crippen molar-refractivity contribution in [3.63, 3.8) is 0 Å². The molecule has 0 bridgehead atoms. The quantitative estimate of drug-likeness (QED) is 0.823. The number of nitrogens with one attached hydrogen (secondary N) is 1. The molecular formula is C18H24N2. The summed E-state index contributed by atoms with van der Waals surface area (Å²) in [7, 11) is 0. The maximum Gasteiger partial charge on any atom is 0.0361 e. The highest BCUT2D eigenvalue weighted by molar-refractivity contribution is 5.26. The van der Waals surface area contributed by atoms with Gasteiger partial charge in [-0.05, 0) is 48.6 Å². The lowest BCUT2D eigenvalue weighted by Gasteiger charge is -2.19. The first-order valence-electron chi connectivity index (χ1n) is 7.54. The van der Waals surface area contributed by atoms with Gasteiger partial charge in [-0.1, -0.05) is 44.2 Å². The Bertz CT molecular complexity index is 491. The van der Waals surface area contributed by atoms with Gasteiger partial charge in [-0.15, -0.1) is 0 Å². The van der Waals surface area contributed by atoms with Crippen molar-refractivity contribution in [3.05, 3.63) is 65.5 Å². The van der Waals surface area contributed by atoms with Crippen LogP contribution in [-0.2, 0) is 12.8 Å². The van der Waals surface area contributed by atoms with Crippen LogP contribution in [0.5, 0.6) is 0 Å². The monoisotopic (exact) mass is 268 g/mol. The molecule has 0 spiro atoms. The number of rotatable bonds is 7. The maximum absolute atomic E-state index is 4.21. The molecule has 2 nitrogen and oxygen atoms in total. The fourth-order valence-corrected chi connectivity index (χ4v) is 2.37. The number of aryl methyl sites for hydroxylation is 1. The van der Waals surface area contributed by atoms with E-state index in [0.29, 0.717) is 6.04 Å². The van der Waals surface area contributed by atoms with E-state index in [-0.39, 0.29) is 0 Å². The largest absolute Gasteiger partial charge is 0.310 e. The zero-order valence-corrected chi connectivity index (χ0v) is 12.5. The number of aromatic nitrogens is 1. The number of benzene rings is 1. The van der Waals surface area contributed by atoms with Gasteiger partial charge in [-0.3, -0.25) is 4.98 Å². The molecule has 1 N–H and O–H groups in total. The van der Waals surface area contributed by atoms with E-state index in [1.807, 2.05) is 18.5 Å². The molecule has 0 aliphatic carbocycles. The van der Waals surface area contributed by atoms with Crippen LogP contribution in [0.15, 0.2) is 48.8 Å². The molecule has 0 saturated carbocycles. The number of nitrogens with zero attached hydrogens (tertiary/aromatic N) is 1. The second-order valence-corrected chi connectivity index (χ2v) is 5.17. The van der Waals surface area contributed by atoms with E-state index in [1.54, 1.807) is 0 Å². The molecule has 1 atom stereocenters. The zero-order valence-electron chi connectivity index (χ0n) is 12.5. The first-order chi connectivity index (χ1) is 9.83. The van der Waals surface area contributed by atoms with E-state index < -0.39 is 0 Å². The Morgan fingerprint density at radius 2 is 1.85 bits per heavy atom. The molecule has 106 valence electrons. The van der Waals surface area contributed by atoms with Crippen molar-refractivity contribution in [3.8, 4) is 0 Å². The minimum atomic E-state index is 0.366. The van der Waals surface area contributed by atoms with E-state index >= 15 is 0 Å². The van der Waals surface area contributed by atoms with Gasteiger partial charge in [0, 0.05) is 18.4 Å². The average Bonchev–Trinajstić information content (AvgIpc) is 2.52. The van der Waals surface area contributed by atoms with E-state index in [9.17, 15) is 0 Å². The predicted molar refractivity (Wildman–Crippen MR) is 84.8 cm³/mol. The third-order valence-corrected chi connectivity index (χ3v) is 3.59. The van der Waals surface area contributed by atoms with Gasteiger partial charge in [0.1, 0.15) is 0 Å². The van der Waals surface area contributed by atoms with Crippen LogP contribution < -0.4 is 5.32 Å². The van der Waals surface area contributed by atoms with Crippen molar-refractivity contribution in [2.75, 3.05) is 6.54 Å². The summed E-state index contributed by atoms with van der Waals surface area (Å²) in [5.41, 5.74) is 4.03. The Hall–Kier alpha value is -1.67. The molecule has 0 aliphatic heterocycles. The fourth-order valence-electron chi connectivity index (χ4n) is 2.37. The second kappa shape index (κ2) is 7.81. The predicted octanol–water partition coefficient (Wildman–Crippen LogP) is 3.93. The molecule has 0 aliphatic rings. The minimum Gasteiger partial charge on any atom is -0.310 e. The lowest BCUT2D eigenvalue weighted by atomic mass is 9.98. The standard InChI is InChI=1S/C18H24N2/c1-3-11-20-18(13-16-6-5-12-19-14-16)17-9-7-15(4-2)8-10-17/h5-10,12,14,18,20H,3-4,11,13H2,1-2H3. The summed E-state index contributed by atoms with van der Waals surface area (Å²) in [6, 6.07) is 13.5. The van der Waals surface area contributed by atoms with E-state index in [2.05, 4.69) is 54.5 Å². The summed E-state index contributed by atoms with van der Waals surface area (Å²) in [6.07, 6.45) is 7.01. The summed E-state index contributed by atoms with van der Waals surface area (Å²) < 4.78 is 0. The summed E-state index contributed by atoms with van der Waals surface area (Å²) >= 11 is 0. The van der Waals surface area contributed by atoms with Crippen LogP contribution in [0.1, 0.15) is 43.0 Å². The van der Waals surface area contributed by atoms with Crippen molar-refractivity contribution < 1.29 is 0 Å². The average molecular weight is 268 g/mol. The van der Waals surface area contributed by atoms with Gasteiger partial charge in [-0.2, -0.15) is 0 Å². The lowest BCUT2D eigenvalue weighted by molar-refractivity contribution is 0.528. The normalized spacial score (nSPS) is 12.3. The molecule has 1 aromatic carbocycles. The van der Waals surface area contributed by atoms with E-state index in [0.717, 1.165) is 25.8 Å². The Balaban J connectivity index is 2.13. The molecule has 0 saturated heterocycles. The van der Waals surface area contributed by atoms with Crippen molar-refractivity contribution in [2.45, 2.75) is 39.2 Å². The topological polar surface area (TPSA) is 24.9 Å². The maximum atomic E-state index is 4.21. The number of hydrogen-bond donors (Lipinski definition) is 1. The van der Waals surface area contributed by atoms with Crippen LogP contribution in [0.2, 0.25) is 0 Å². The lowest BCUT2D eigenvalue weighted by Crippen LogP contribution is -2.24. The highest BCUT2D eigenvalue weighted by atomic mass is 14.9. The summed E-state index contributed by atoms with van der Waals surface area (Å²) in [5, 5.41) is 3.64. The van der Waals surface area contributed by atoms with Crippen LogP contribution >= 0.6 is 0 Å². The van der Waals surface area contributed by atoms with Gasteiger partial charge < -0.3 is 5.32 Å². The molecule has 0 radical (unpaired) electrons. The van der Waals surface area contributed by atoms with Crippen molar-refractivity contribution in [1.29, 1.82) is 0 Å². The van der Waals surface area contributed by atoms with Crippen molar-refractivity contribution in [2.24, 2.45) is 0 Å². The fraction of sp³-hybridized carbons (Fsp3) is 0.389. The van der Waals surface area contributed by atoms with Gasteiger partial charge >= 0.3 is 0 Å². The van der Waals surface area contributed by atoms with Gasteiger partial charge in [0.25, 0.3) is 0 Å². The Morgan fingerprint density at radius 3 is 2.45 bits per heavy atom. The molecule has 0 amide bonds. The molecule has 2 rings (SSSR count). The van der Waals surface area contributed by atoms with Crippen LogP contribution in [0, 0.1) is 0 Å². The molecule has 1 unspecified atom stereocenters. The molecule has 1 heterocycles. The summed E-state index contributed by atoms with van der Waals surface area (Å²) in [4.78, 5) is 4.21. The third kappa shape index (κ3) is 4.17. The minimum absolute atomic E-state index is 0.366. The second-order valence-electron chi connectivity index (χ2n) is 5.17. The molecule has 20 heavy (non-hydrogen) atoms. The van der Waals surface area contributed by atoms with E-state index in [1.165, 1.54) is 16.7 Å². The molecule has 1 aromatic heterocycles. The smallest absolute Gasteiger partial charge is 0.0361 e.